The van der Waals surface area contributed by atoms with E-state index in [0.29, 0.717) is 0 Å². The van der Waals surface area contributed by atoms with Gasteiger partial charge in [-0.05, 0) is 173 Å². The van der Waals surface area contributed by atoms with Crippen LogP contribution in [0.2, 0.25) is 0 Å². The largest absolute Gasteiger partial charge is 0.456 e. The lowest BCUT2D eigenvalue weighted by Crippen LogP contribution is -2.61. The summed E-state index contributed by atoms with van der Waals surface area (Å²) in [7, 11) is 0. The number of para-hydroxylation sites is 1. The maximum Gasteiger partial charge on any atom is 0.252 e. The summed E-state index contributed by atoms with van der Waals surface area (Å²) >= 11 is 0. The highest BCUT2D eigenvalue weighted by atomic mass is 16.3. The Morgan fingerprint density at radius 3 is 1.90 bits per heavy atom. The monoisotopic (exact) mass is 940 g/mol. The van der Waals surface area contributed by atoms with E-state index in [9.17, 15) is 0 Å². The molecule has 3 aliphatic heterocycles. The van der Waals surface area contributed by atoms with Crippen molar-refractivity contribution in [1.29, 1.82) is 0 Å². The summed E-state index contributed by atoms with van der Waals surface area (Å²) in [6, 6.07) is 58.3. The van der Waals surface area contributed by atoms with Gasteiger partial charge in [0.2, 0.25) is 0 Å². The second kappa shape index (κ2) is 15.5. The number of hydrogen-bond donors (Lipinski definition) is 0. The van der Waals surface area contributed by atoms with E-state index in [4.69, 9.17) is 4.42 Å². The number of hydrogen-bond acceptors (Lipinski definition) is 4. The zero-order valence-electron chi connectivity index (χ0n) is 44.1. The molecule has 72 heavy (non-hydrogen) atoms. The van der Waals surface area contributed by atoms with Crippen molar-refractivity contribution in [2.75, 3.05) is 14.7 Å². The Morgan fingerprint density at radius 2 is 1.15 bits per heavy atom. The molecule has 1 saturated carbocycles. The van der Waals surface area contributed by atoms with Crippen molar-refractivity contribution in [3.63, 3.8) is 0 Å². The summed E-state index contributed by atoms with van der Waals surface area (Å²) in [4.78, 5) is 8.02. The molecule has 2 unspecified atom stereocenters. The molecule has 1 aromatic heterocycles. The summed E-state index contributed by atoms with van der Waals surface area (Å²) in [5.41, 5.74) is 26.0. The Bertz CT molecular complexity index is 3720. The van der Waals surface area contributed by atoms with E-state index in [1.807, 2.05) is 0 Å². The molecule has 0 spiro atoms. The van der Waals surface area contributed by atoms with Gasteiger partial charge in [-0.25, -0.2) is 0 Å². The van der Waals surface area contributed by atoms with Gasteiger partial charge in [-0.1, -0.05) is 146 Å². The first-order valence-corrected chi connectivity index (χ1v) is 26.5. The molecule has 1 aliphatic carbocycles. The van der Waals surface area contributed by atoms with Gasteiger partial charge in [0, 0.05) is 50.5 Å². The van der Waals surface area contributed by atoms with Gasteiger partial charge < -0.3 is 19.1 Å². The molecule has 358 valence electrons. The second-order valence-corrected chi connectivity index (χ2v) is 24.3. The molecule has 0 amide bonds. The Hall–Kier alpha value is -6.98. The van der Waals surface area contributed by atoms with E-state index < -0.39 is 0 Å². The predicted octanol–water partition coefficient (Wildman–Crippen LogP) is 16.6. The summed E-state index contributed by atoms with van der Waals surface area (Å²) in [5, 5.41) is 2.26. The van der Waals surface area contributed by atoms with Gasteiger partial charge in [-0.2, -0.15) is 0 Å². The highest BCUT2D eigenvalue weighted by molar-refractivity contribution is 7.00. The first kappa shape index (κ1) is 44.9. The molecule has 2 atom stereocenters. The number of furan rings is 1. The van der Waals surface area contributed by atoms with Crippen LogP contribution in [0.4, 0.5) is 45.5 Å². The molecule has 0 saturated heterocycles. The van der Waals surface area contributed by atoms with Crippen LogP contribution in [0.15, 0.2) is 156 Å². The number of anilines is 8. The van der Waals surface area contributed by atoms with Crippen LogP contribution in [0, 0.1) is 20.8 Å². The van der Waals surface area contributed by atoms with E-state index in [2.05, 4.69) is 243 Å². The lowest BCUT2D eigenvalue weighted by atomic mass is 9.33. The van der Waals surface area contributed by atoms with Gasteiger partial charge in [-0.3, -0.25) is 0 Å². The van der Waals surface area contributed by atoms with Gasteiger partial charge >= 0.3 is 0 Å². The number of benzene rings is 8. The lowest BCUT2D eigenvalue weighted by Gasteiger charge is -2.51. The van der Waals surface area contributed by atoms with Crippen molar-refractivity contribution in [3.05, 3.63) is 185 Å². The summed E-state index contributed by atoms with van der Waals surface area (Å²) in [5.74, 6) is 0. The molecule has 0 radical (unpaired) electrons. The summed E-state index contributed by atoms with van der Waals surface area (Å²) in [6.07, 6.45) is 4.82. The van der Waals surface area contributed by atoms with Gasteiger partial charge in [-0.15, -0.1) is 0 Å². The quantitative estimate of drug-likeness (QED) is 0.164. The minimum atomic E-state index is -0.0964. The first-order valence-electron chi connectivity index (χ1n) is 26.5. The Balaban J connectivity index is 1.14. The minimum absolute atomic E-state index is 0.0205. The Labute approximate surface area is 427 Å². The molecule has 9 aromatic rings. The average molecular weight is 940 g/mol. The van der Waals surface area contributed by atoms with Gasteiger partial charge in [0.1, 0.15) is 11.2 Å². The van der Waals surface area contributed by atoms with Crippen LogP contribution < -0.4 is 31.1 Å². The summed E-state index contributed by atoms with van der Waals surface area (Å²) < 4.78 is 6.72. The van der Waals surface area contributed by atoms with E-state index >= 15 is 0 Å². The molecular weight excluding hydrogens is 874 g/mol. The molecule has 4 nitrogen and oxygen atoms in total. The van der Waals surface area contributed by atoms with Crippen LogP contribution in [-0.2, 0) is 16.2 Å². The normalized spacial score (nSPS) is 19.1. The number of fused-ring (bicyclic) bond motifs is 10. The van der Waals surface area contributed by atoms with Crippen LogP contribution in [0.25, 0.3) is 33.1 Å². The summed E-state index contributed by atoms with van der Waals surface area (Å²) in [6.45, 7) is 26.0. The highest BCUT2D eigenvalue weighted by Crippen LogP contribution is 2.62. The number of nitrogens with zero attached hydrogens (tertiary/aromatic N) is 3. The van der Waals surface area contributed by atoms with Crippen molar-refractivity contribution < 1.29 is 4.42 Å². The van der Waals surface area contributed by atoms with Crippen molar-refractivity contribution in [2.45, 2.75) is 124 Å². The van der Waals surface area contributed by atoms with E-state index in [-0.39, 0.29) is 28.5 Å². The number of aryl methyl sites for hydroxylation is 3. The fraction of sp³-hybridized carbons (Fsp3) is 0.284. The Kier molecular flexibility index (Phi) is 9.68. The van der Waals surface area contributed by atoms with Crippen LogP contribution >= 0.6 is 0 Å². The molecule has 0 N–H and O–H groups in total. The van der Waals surface area contributed by atoms with Gasteiger partial charge in [0.05, 0.1) is 22.3 Å². The maximum atomic E-state index is 6.72. The van der Waals surface area contributed by atoms with Crippen molar-refractivity contribution >= 4 is 90.5 Å². The predicted molar refractivity (Wildman–Crippen MR) is 308 cm³/mol. The van der Waals surface area contributed by atoms with Crippen molar-refractivity contribution in [2.24, 2.45) is 0 Å². The topological polar surface area (TPSA) is 22.9 Å². The Morgan fingerprint density at radius 1 is 0.514 bits per heavy atom. The van der Waals surface area contributed by atoms with Crippen LogP contribution in [0.1, 0.15) is 114 Å². The minimum Gasteiger partial charge on any atom is -0.456 e. The molecule has 13 rings (SSSR count). The smallest absolute Gasteiger partial charge is 0.252 e. The fourth-order valence-corrected chi connectivity index (χ4v) is 14.0. The second-order valence-electron chi connectivity index (χ2n) is 24.3. The SMILES string of the molecule is Cc1cc2c3c(c1)N(c1cccc4oc5ccccc5c14)c1cc(N4c5cc(C)cc(C)c5C5(C)CCCCC45C)ccc1B3c1cc(C(C)(C)C)ccc1N2c1ccc(C(C)(C)C)cc1-c1ccccc1. The fourth-order valence-electron chi connectivity index (χ4n) is 14.0. The van der Waals surface area contributed by atoms with Crippen molar-refractivity contribution in [3.8, 4) is 11.1 Å². The first-order chi connectivity index (χ1) is 34.4. The molecule has 8 aromatic carbocycles. The van der Waals surface area contributed by atoms with E-state index in [1.54, 1.807) is 0 Å². The van der Waals surface area contributed by atoms with Gasteiger partial charge in [0.25, 0.3) is 6.71 Å². The van der Waals surface area contributed by atoms with E-state index in [0.717, 1.165) is 34.0 Å². The standard InChI is InChI=1S/C67H66BN3O/c1-41-34-43(3)62-56(35-41)71(67(11)33-18-17-32-66(62,67)10)47-28-29-50-55(40-47)70(54-23-19-25-60-61(54)48-22-15-16-24-59(48)72-60)58-37-42(2)36-57-63(58)68(50)51-39-46(65(7,8)9)27-31-53(51)69(57)52-30-26-45(64(4,5)6)38-49(52)44-20-13-12-14-21-44/h12-16,19-31,34-40H,17-18,32-33H2,1-11H3. The zero-order valence-corrected chi connectivity index (χ0v) is 44.1. The highest BCUT2D eigenvalue weighted by Gasteiger charge is 2.58. The molecule has 4 heterocycles. The molecule has 0 bridgehead atoms. The van der Waals surface area contributed by atoms with Crippen molar-refractivity contribution in [1.82, 2.24) is 0 Å². The lowest BCUT2D eigenvalue weighted by molar-refractivity contribution is 0.194. The maximum absolute atomic E-state index is 6.72. The molecule has 4 aliphatic rings. The molecule has 5 heteroatoms. The molecular formula is C67H66BN3O. The van der Waals surface area contributed by atoms with Crippen LogP contribution in [0.5, 0.6) is 0 Å². The third-order valence-corrected chi connectivity index (χ3v) is 17.7. The number of rotatable bonds is 4. The van der Waals surface area contributed by atoms with E-state index in [1.165, 1.54) is 120 Å². The third kappa shape index (κ3) is 6.37. The van der Waals surface area contributed by atoms with Crippen LogP contribution in [-0.4, -0.2) is 12.3 Å². The van der Waals surface area contributed by atoms with Gasteiger partial charge in [0.15, 0.2) is 0 Å². The molecule has 1 fully saturated rings. The zero-order chi connectivity index (χ0) is 49.8. The third-order valence-electron chi connectivity index (χ3n) is 17.7. The van der Waals surface area contributed by atoms with Crippen LogP contribution in [0.3, 0.4) is 0 Å². The average Bonchev–Trinajstić information content (AvgIpc) is 3.83.